The summed E-state index contributed by atoms with van der Waals surface area (Å²) in [5, 5.41) is 12.6. The number of hydrogen-bond acceptors (Lipinski definition) is 4. The van der Waals surface area contributed by atoms with Gasteiger partial charge in [-0.25, -0.2) is 4.79 Å². The van der Waals surface area contributed by atoms with Gasteiger partial charge in [-0.15, -0.1) is 0 Å². The van der Waals surface area contributed by atoms with Crippen LogP contribution in [0.25, 0.3) is 0 Å². The van der Waals surface area contributed by atoms with Gasteiger partial charge in [-0.05, 0) is 66.2 Å². The number of urea groups is 1. The van der Waals surface area contributed by atoms with Crippen LogP contribution in [0.2, 0.25) is 5.02 Å². The highest BCUT2D eigenvalue weighted by Crippen LogP contribution is 2.38. The monoisotopic (exact) mass is 519 g/mol. The Morgan fingerprint density at radius 1 is 1.00 bits per heavy atom. The number of carbonyl (C=O) groups is 1. The zero-order valence-electron chi connectivity index (χ0n) is 19.2. The zero-order valence-corrected chi connectivity index (χ0v) is 20.0. The Kier molecular flexibility index (Phi) is 8.03. The van der Waals surface area contributed by atoms with Crippen LogP contribution in [0.4, 0.5) is 23.7 Å². The maximum absolute atomic E-state index is 13.4. The molecule has 1 fully saturated rings. The number of aliphatic hydroxyl groups is 1. The van der Waals surface area contributed by atoms with Crippen molar-refractivity contribution in [3.05, 3.63) is 88.9 Å². The van der Waals surface area contributed by atoms with Gasteiger partial charge in [0.05, 0.1) is 18.2 Å². The number of halogens is 4. The standard InChI is InChI=1S/C26H25ClF3N3O3/c27-20-4-8-22(9-5-20)36-23-10-6-21(7-11-23)33-24(17-32(25(33)35)14-12-31-13-15-34)18-2-1-3-19(16-18)26(28,29)30/h1-11,16,24,31,34H,12-15,17H2. The van der Waals surface area contributed by atoms with Crippen molar-refractivity contribution in [2.24, 2.45) is 0 Å². The number of aliphatic hydroxyl groups excluding tert-OH is 1. The molecular formula is C26H25ClF3N3O3. The van der Waals surface area contributed by atoms with Crippen LogP contribution in [-0.2, 0) is 6.18 Å². The Bertz CT molecular complexity index is 1170. The number of amides is 2. The van der Waals surface area contributed by atoms with E-state index < -0.39 is 17.8 Å². The van der Waals surface area contributed by atoms with Crippen molar-refractivity contribution in [2.45, 2.75) is 12.2 Å². The van der Waals surface area contributed by atoms with E-state index >= 15 is 0 Å². The second-order valence-corrected chi connectivity index (χ2v) is 8.70. The van der Waals surface area contributed by atoms with Gasteiger partial charge in [0.2, 0.25) is 0 Å². The molecule has 4 rings (SSSR count). The summed E-state index contributed by atoms with van der Waals surface area (Å²) in [6.07, 6.45) is -4.49. The topological polar surface area (TPSA) is 65.0 Å². The fraction of sp³-hybridized carbons (Fsp3) is 0.269. The third-order valence-electron chi connectivity index (χ3n) is 5.79. The molecule has 36 heavy (non-hydrogen) atoms. The summed E-state index contributed by atoms with van der Waals surface area (Å²) in [6, 6.07) is 17.8. The van der Waals surface area contributed by atoms with Crippen molar-refractivity contribution in [3.63, 3.8) is 0 Å². The van der Waals surface area contributed by atoms with E-state index in [1.807, 2.05) is 0 Å². The minimum Gasteiger partial charge on any atom is -0.457 e. The van der Waals surface area contributed by atoms with Crippen molar-refractivity contribution in [1.29, 1.82) is 0 Å². The second kappa shape index (κ2) is 11.2. The summed E-state index contributed by atoms with van der Waals surface area (Å²) >= 11 is 5.91. The smallest absolute Gasteiger partial charge is 0.416 e. The summed E-state index contributed by atoms with van der Waals surface area (Å²) in [5.41, 5.74) is 0.171. The molecule has 0 bridgehead atoms. The Hall–Kier alpha value is -3.27. The molecule has 0 aromatic heterocycles. The van der Waals surface area contributed by atoms with Crippen LogP contribution in [0.3, 0.4) is 0 Å². The van der Waals surface area contributed by atoms with Gasteiger partial charge in [-0.2, -0.15) is 13.2 Å². The Morgan fingerprint density at radius 2 is 1.67 bits per heavy atom. The van der Waals surface area contributed by atoms with Crippen LogP contribution in [0, 0.1) is 0 Å². The molecular weight excluding hydrogens is 495 g/mol. The van der Waals surface area contributed by atoms with Crippen molar-refractivity contribution in [3.8, 4) is 11.5 Å². The lowest BCUT2D eigenvalue weighted by Gasteiger charge is -2.24. The number of ether oxygens (including phenoxy) is 1. The first kappa shape index (κ1) is 25.8. The number of hydrogen-bond donors (Lipinski definition) is 2. The highest BCUT2D eigenvalue weighted by atomic mass is 35.5. The number of anilines is 1. The van der Waals surface area contributed by atoms with Crippen molar-refractivity contribution in [2.75, 3.05) is 37.7 Å². The molecule has 10 heteroatoms. The molecule has 1 aliphatic rings. The minimum absolute atomic E-state index is 0.0304. The highest BCUT2D eigenvalue weighted by molar-refractivity contribution is 6.30. The van der Waals surface area contributed by atoms with E-state index in [1.165, 1.54) is 11.0 Å². The average molecular weight is 520 g/mol. The van der Waals surface area contributed by atoms with E-state index in [4.69, 9.17) is 21.4 Å². The predicted octanol–water partition coefficient (Wildman–Crippen LogP) is 5.72. The van der Waals surface area contributed by atoms with Gasteiger partial charge >= 0.3 is 12.2 Å². The van der Waals surface area contributed by atoms with Gasteiger partial charge in [0.15, 0.2) is 0 Å². The third-order valence-corrected chi connectivity index (χ3v) is 6.04. The number of benzene rings is 3. The quantitative estimate of drug-likeness (QED) is 0.355. The van der Waals surface area contributed by atoms with Crippen LogP contribution in [0.1, 0.15) is 17.2 Å². The lowest BCUT2D eigenvalue weighted by Crippen LogP contribution is -2.37. The summed E-state index contributed by atoms with van der Waals surface area (Å²) in [4.78, 5) is 16.5. The number of rotatable bonds is 9. The molecule has 3 aromatic carbocycles. The number of alkyl halides is 3. The Labute approximate surface area is 211 Å². The van der Waals surface area contributed by atoms with Gasteiger partial charge < -0.3 is 20.1 Å². The summed E-state index contributed by atoms with van der Waals surface area (Å²) in [6.45, 7) is 1.38. The van der Waals surface area contributed by atoms with Gasteiger partial charge in [0.1, 0.15) is 11.5 Å². The Balaban J connectivity index is 1.59. The van der Waals surface area contributed by atoms with Crippen LogP contribution in [-0.4, -0.2) is 48.8 Å². The molecule has 1 saturated heterocycles. The van der Waals surface area contributed by atoms with Gasteiger partial charge in [-0.1, -0.05) is 23.7 Å². The van der Waals surface area contributed by atoms with E-state index in [0.29, 0.717) is 47.4 Å². The van der Waals surface area contributed by atoms with E-state index in [-0.39, 0.29) is 19.2 Å². The molecule has 1 unspecified atom stereocenters. The normalized spacial score (nSPS) is 16.0. The first-order valence-corrected chi connectivity index (χ1v) is 11.7. The van der Waals surface area contributed by atoms with Crippen LogP contribution in [0.15, 0.2) is 72.8 Å². The van der Waals surface area contributed by atoms with Crippen molar-refractivity contribution >= 4 is 23.3 Å². The fourth-order valence-corrected chi connectivity index (χ4v) is 4.17. The lowest BCUT2D eigenvalue weighted by molar-refractivity contribution is -0.137. The number of carbonyl (C=O) groups excluding carboxylic acids is 1. The molecule has 1 aliphatic heterocycles. The molecule has 0 spiro atoms. The van der Waals surface area contributed by atoms with Crippen LogP contribution in [0.5, 0.6) is 11.5 Å². The van der Waals surface area contributed by atoms with Crippen molar-refractivity contribution in [1.82, 2.24) is 10.2 Å². The average Bonchev–Trinajstić information content (AvgIpc) is 3.19. The zero-order chi connectivity index (χ0) is 25.7. The fourth-order valence-electron chi connectivity index (χ4n) is 4.04. The molecule has 0 saturated carbocycles. The summed E-state index contributed by atoms with van der Waals surface area (Å²) in [5.74, 6) is 1.13. The minimum atomic E-state index is -4.49. The van der Waals surface area contributed by atoms with Gasteiger partial charge in [0, 0.05) is 36.9 Å². The second-order valence-electron chi connectivity index (χ2n) is 8.26. The van der Waals surface area contributed by atoms with E-state index in [0.717, 1.165) is 12.1 Å². The maximum Gasteiger partial charge on any atom is 0.416 e. The van der Waals surface area contributed by atoms with Crippen LogP contribution < -0.4 is 15.0 Å². The largest absolute Gasteiger partial charge is 0.457 e. The van der Waals surface area contributed by atoms with Gasteiger partial charge in [-0.3, -0.25) is 4.90 Å². The number of nitrogens with zero attached hydrogens (tertiary/aromatic N) is 2. The highest BCUT2D eigenvalue weighted by Gasteiger charge is 2.40. The van der Waals surface area contributed by atoms with Crippen LogP contribution >= 0.6 is 11.6 Å². The molecule has 1 atom stereocenters. The summed E-state index contributed by atoms with van der Waals surface area (Å²) < 4.78 is 45.9. The first-order valence-electron chi connectivity index (χ1n) is 11.4. The van der Waals surface area contributed by atoms with E-state index in [9.17, 15) is 18.0 Å². The molecule has 190 valence electrons. The van der Waals surface area contributed by atoms with E-state index in [2.05, 4.69) is 5.32 Å². The SMILES string of the molecule is O=C1N(CCNCCO)CC(c2cccc(C(F)(F)F)c2)N1c1ccc(Oc2ccc(Cl)cc2)cc1. The maximum atomic E-state index is 13.4. The summed E-state index contributed by atoms with van der Waals surface area (Å²) in [7, 11) is 0. The predicted molar refractivity (Wildman–Crippen MR) is 132 cm³/mol. The molecule has 2 N–H and O–H groups in total. The van der Waals surface area contributed by atoms with Gasteiger partial charge in [0.25, 0.3) is 0 Å². The number of nitrogens with one attached hydrogen (secondary N) is 1. The molecule has 0 aliphatic carbocycles. The molecule has 1 heterocycles. The molecule has 6 nitrogen and oxygen atoms in total. The molecule has 2 amide bonds. The molecule has 0 radical (unpaired) electrons. The van der Waals surface area contributed by atoms with E-state index in [1.54, 1.807) is 59.5 Å². The van der Waals surface area contributed by atoms with Crippen molar-refractivity contribution < 1.29 is 27.8 Å². The Morgan fingerprint density at radius 3 is 2.31 bits per heavy atom. The first-order chi connectivity index (χ1) is 17.3. The third kappa shape index (κ3) is 6.10. The lowest BCUT2D eigenvalue weighted by atomic mass is 10.0. The molecule has 3 aromatic rings.